The number of piperidine rings is 1. The second-order valence-corrected chi connectivity index (χ2v) is 5.28. The molecule has 0 radical (unpaired) electrons. The van der Waals surface area contributed by atoms with Gasteiger partial charge in [0.2, 0.25) is 11.8 Å². The molecular formula is C13H17F3N4O2. The summed E-state index contributed by atoms with van der Waals surface area (Å²) in [5.74, 6) is -0.990. The number of carbonyl (C=O) groups is 2. The van der Waals surface area contributed by atoms with Crippen molar-refractivity contribution in [2.45, 2.75) is 44.6 Å². The van der Waals surface area contributed by atoms with Gasteiger partial charge in [0.15, 0.2) is 0 Å². The Bertz CT molecular complexity index is 530. The van der Waals surface area contributed by atoms with Crippen molar-refractivity contribution in [3.05, 3.63) is 18.5 Å². The molecule has 0 saturated carbocycles. The number of aromatic nitrogens is 2. The minimum atomic E-state index is -4.49. The lowest BCUT2D eigenvalue weighted by Gasteiger charge is -2.40. The quantitative estimate of drug-likeness (QED) is 0.902. The SMILES string of the molecule is CC(=O)N[C@H]1CC[C@H](C(F)(F)F)N(C(=O)Cn2cccn2)C1. The standard InChI is InChI=1S/C13H17F3N4O2/c1-9(21)18-10-3-4-11(13(14,15)16)20(7-10)12(22)8-19-6-2-5-17-19/h2,5-6,10-11H,3-4,7-8H2,1H3,(H,18,21)/t10-,11+/m0/s1. The van der Waals surface area contributed by atoms with Gasteiger partial charge in [-0.2, -0.15) is 18.3 Å². The molecule has 122 valence electrons. The summed E-state index contributed by atoms with van der Waals surface area (Å²) >= 11 is 0. The van der Waals surface area contributed by atoms with E-state index in [2.05, 4.69) is 10.4 Å². The Morgan fingerprint density at radius 2 is 2.09 bits per heavy atom. The summed E-state index contributed by atoms with van der Waals surface area (Å²) < 4.78 is 40.6. The first kappa shape index (κ1) is 16.3. The maximum atomic E-state index is 13.1. The molecule has 1 aromatic heterocycles. The molecule has 1 N–H and O–H groups in total. The Morgan fingerprint density at radius 1 is 1.36 bits per heavy atom. The number of alkyl halides is 3. The van der Waals surface area contributed by atoms with Gasteiger partial charge in [0.25, 0.3) is 0 Å². The minimum Gasteiger partial charge on any atom is -0.352 e. The van der Waals surface area contributed by atoms with E-state index in [1.807, 2.05) is 0 Å². The topological polar surface area (TPSA) is 67.2 Å². The van der Waals surface area contributed by atoms with Gasteiger partial charge in [0.05, 0.1) is 0 Å². The number of likely N-dealkylation sites (tertiary alicyclic amines) is 1. The highest BCUT2D eigenvalue weighted by atomic mass is 19.4. The molecule has 0 spiro atoms. The van der Waals surface area contributed by atoms with Crippen LogP contribution in [-0.2, 0) is 16.1 Å². The maximum Gasteiger partial charge on any atom is 0.408 e. The average Bonchev–Trinajstić information content (AvgIpc) is 2.89. The fourth-order valence-corrected chi connectivity index (χ4v) is 2.62. The van der Waals surface area contributed by atoms with Gasteiger partial charge in [-0.05, 0) is 18.9 Å². The summed E-state index contributed by atoms with van der Waals surface area (Å²) in [4.78, 5) is 24.1. The van der Waals surface area contributed by atoms with Crippen LogP contribution in [0.3, 0.4) is 0 Å². The summed E-state index contributed by atoms with van der Waals surface area (Å²) in [6, 6.07) is -0.691. The molecule has 0 unspecified atom stereocenters. The molecule has 6 nitrogen and oxygen atoms in total. The molecule has 1 aromatic rings. The third-order valence-corrected chi connectivity index (χ3v) is 3.54. The minimum absolute atomic E-state index is 0.149. The third-order valence-electron chi connectivity index (χ3n) is 3.54. The number of rotatable bonds is 3. The number of halogens is 3. The Kier molecular flexibility index (Phi) is 4.72. The number of nitrogens with one attached hydrogen (secondary N) is 1. The van der Waals surface area contributed by atoms with Gasteiger partial charge in [-0.1, -0.05) is 0 Å². The van der Waals surface area contributed by atoms with Crippen LogP contribution >= 0.6 is 0 Å². The van der Waals surface area contributed by atoms with Crippen molar-refractivity contribution in [3.63, 3.8) is 0 Å². The predicted molar refractivity (Wildman–Crippen MR) is 70.6 cm³/mol. The second kappa shape index (κ2) is 6.37. The third kappa shape index (κ3) is 3.99. The van der Waals surface area contributed by atoms with E-state index in [-0.39, 0.29) is 31.8 Å². The zero-order valence-corrected chi connectivity index (χ0v) is 12.0. The van der Waals surface area contributed by atoms with Gasteiger partial charge < -0.3 is 10.2 Å². The summed E-state index contributed by atoms with van der Waals surface area (Å²) in [7, 11) is 0. The van der Waals surface area contributed by atoms with Crippen LogP contribution in [0, 0.1) is 0 Å². The van der Waals surface area contributed by atoms with Crippen molar-refractivity contribution in [2.24, 2.45) is 0 Å². The first-order chi connectivity index (χ1) is 10.3. The van der Waals surface area contributed by atoms with Gasteiger partial charge in [-0.3, -0.25) is 14.3 Å². The zero-order valence-electron chi connectivity index (χ0n) is 12.0. The van der Waals surface area contributed by atoms with Gasteiger partial charge in [-0.25, -0.2) is 0 Å². The van der Waals surface area contributed by atoms with Crippen LogP contribution < -0.4 is 5.32 Å². The highest BCUT2D eigenvalue weighted by Crippen LogP contribution is 2.32. The van der Waals surface area contributed by atoms with Crippen LogP contribution in [0.15, 0.2) is 18.5 Å². The molecule has 0 aliphatic carbocycles. The fourth-order valence-electron chi connectivity index (χ4n) is 2.62. The number of carbonyl (C=O) groups excluding carboxylic acids is 2. The molecule has 1 aliphatic rings. The number of nitrogens with zero attached hydrogens (tertiary/aromatic N) is 3. The van der Waals surface area contributed by atoms with Gasteiger partial charge >= 0.3 is 6.18 Å². The molecule has 2 rings (SSSR count). The first-order valence-electron chi connectivity index (χ1n) is 6.88. The van der Waals surface area contributed by atoms with E-state index in [0.717, 1.165) is 4.90 Å². The lowest BCUT2D eigenvalue weighted by molar-refractivity contribution is -0.197. The molecule has 9 heteroatoms. The summed E-state index contributed by atoms with van der Waals surface area (Å²) in [5, 5.41) is 6.40. The van der Waals surface area contributed by atoms with E-state index in [1.54, 1.807) is 6.07 Å². The van der Waals surface area contributed by atoms with Crippen molar-refractivity contribution < 1.29 is 22.8 Å². The van der Waals surface area contributed by atoms with Crippen LogP contribution in [-0.4, -0.2) is 51.3 Å². The molecule has 22 heavy (non-hydrogen) atoms. The normalized spacial score (nSPS) is 22.5. The Labute approximate surface area is 125 Å². The predicted octanol–water partition coefficient (Wildman–Crippen LogP) is 0.941. The number of hydrogen-bond donors (Lipinski definition) is 1. The van der Waals surface area contributed by atoms with E-state index >= 15 is 0 Å². The lowest BCUT2D eigenvalue weighted by atomic mass is 9.97. The molecule has 2 atom stereocenters. The van der Waals surface area contributed by atoms with Crippen LogP contribution in [0.5, 0.6) is 0 Å². The van der Waals surface area contributed by atoms with Crippen molar-refractivity contribution >= 4 is 11.8 Å². The summed E-state index contributed by atoms with van der Waals surface area (Å²) in [5.41, 5.74) is 0. The van der Waals surface area contributed by atoms with E-state index in [1.165, 1.54) is 24.0 Å². The van der Waals surface area contributed by atoms with Crippen LogP contribution in [0.1, 0.15) is 19.8 Å². The van der Waals surface area contributed by atoms with Crippen LogP contribution in [0.25, 0.3) is 0 Å². The highest BCUT2D eigenvalue weighted by Gasteiger charge is 2.48. The first-order valence-corrected chi connectivity index (χ1v) is 6.88. The van der Waals surface area contributed by atoms with Gasteiger partial charge in [0.1, 0.15) is 12.6 Å². The van der Waals surface area contributed by atoms with Crippen molar-refractivity contribution in [2.75, 3.05) is 6.54 Å². The van der Waals surface area contributed by atoms with E-state index in [4.69, 9.17) is 0 Å². The number of hydrogen-bond acceptors (Lipinski definition) is 3. The smallest absolute Gasteiger partial charge is 0.352 e. The molecular weight excluding hydrogens is 301 g/mol. The van der Waals surface area contributed by atoms with Crippen molar-refractivity contribution in [1.82, 2.24) is 20.0 Å². The zero-order chi connectivity index (χ0) is 16.3. The maximum absolute atomic E-state index is 13.1. The van der Waals surface area contributed by atoms with Crippen LogP contribution in [0.2, 0.25) is 0 Å². The summed E-state index contributed by atoms with van der Waals surface area (Å²) in [6.07, 6.45) is -1.56. The molecule has 1 aliphatic heterocycles. The largest absolute Gasteiger partial charge is 0.408 e. The summed E-state index contributed by atoms with van der Waals surface area (Å²) in [6.45, 7) is 0.891. The molecule has 2 heterocycles. The molecule has 1 saturated heterocycles. The van der Waals surface area contributed by atoms with E-state index in [0.29, 0.717) is 0 Å². The van der Waals surface area contributed by atoms with E-state index in [9.17, 15) is 22.8 Å². The lowest BCUT2D eigenvalue weighted by Crippen LogP contribution is -2.58. The molecule has 1 fully saturated rings. The molecule has 2 amide bonds. The second-order valence-electron chi connectivity index (χ2n) is 5.28. The molecule has 0 aromatic carbocycles. The Balaban J connectivity index is 2.12. The van der Waals surface area contributed by atoms with Gasteiger partial charge in [-0.15, -0.1) is 0 Å². The fraction of sp³-hybridized carbons (Fsp3) is 0.615. The van der Waals surface area contributed by atoms with Gasteiger partial charge in [0, 0.05) is 31.9 Å². The Morgan fingerprint density at radius 3 is 2.64 bits per heavy atom. The average molecular weight is 318 g/mol. The van der Waals surface area contributed by atoms with Crippen molar-refractivity contribution in [3.8, 4) is 0 Å². The Hall–Kier alpha value is -2.06. The highest BCUT2D eigenvalue weighted by molar-refractivity contribution is 5.77. The van der Waals surface area contributed by atoms with Crippen LogP contribution in [0.4, 0.5) is 13.2 Å². The van der Waals surface area contributed by atoms with Crippen molar-refractivity contribution in [1.29, 1.82) is 0 Å². The monoisotopic (exact) mass is 318 g/mol. The van der Waals surface area contributed by atoms with E-state index < -0.39 is 24.2 Å². The molecule has 0 bridgehead atoms. The number of amides is 2.